The lowest BCUT2D eigenvalue weighted by molar-refractivity contribution is 0.170. The number of nitrogens with zero attached hydrogens (tertiary/aromatic N) is 2. The molecular weight excluding hydrogens is 248 g/mol. The van der Waals surface area contributed by atoms with Crippen molar-refractivity contribution in [2.45, 2.75) is 39.2 Å². The molecule has 0 aliphatic carbocycles. The van der Waals surface area contributed by atoms with E-state index in [0.29, 0.717) is 0 Å². The van der Waals surface area contributed by atoms with Crippen LogP contribution in [0.3, 0.4) is 0 Å². The number of rotatable bonds is 2. The van der Waals surface area contributed by atoms with E-state index in [4.69, 9.17) is 4.74 Å². The smallest absolute Gasteiger partial charge is 0.122 e. The van der Waals surface area contributed by atoms with E-state index in [1.54, 1.807) is 7.11 Å². The summed E-state index contributed by atoms with van der Waals surface area (Å²) in [7, 11) is 1.70. The summed E-state index contributed by atoms with van der Waals surface area (Å²) >= 11 is 0. The van der Waals surface area contributed by atoms with Crippen molar-refractivity contribution in [3.8, 4) is 11.8 Å². The highest BCUT2D eigenvalue weighted by atomic mass is 16.5. The first-order valence-electron chi connectivity index (χ1n) is 7.16. The zero-order chi connectivity index (χ0) is 14.9. The van der Waals surface area contributed by atoms with E-state index < -0.39 is 0 Å². The Bertz CT molecular complexity index is 525. The van der Waals surface area contributed by atoms with Crippen molar-refractivity contribution in [2.24, 2.45) is 5.92 Å². The maximum atomic E-state index is 9.48. The van der Waals surface area contributed by atoms with Gasteiger partial charge < -0.3 is 4.74 Å². The molecule has 1 heterocycles. The van der Waals surface area contributed by atoms with Crippen LogP contribution in [0.15, 0.2) is 18.2 Å². The quantitative estimate of drug-likeness (QED) is 0.828. The number of methoxy groups -OCH3 is 1. The van der Waals surface area contributed by atoms with Gasteiger partial charge in [0.15, 0.2) is 0 Å². The molecule has 1 aromatic carbocycles. The van der Waals surface area contributed by atoms with Gasteiger partial charge in [0.1, 0.15) is 5.75 Å². The van der Waals surface area contributed by atoms with Crippen molar-refractivity contribution in [3.05, 3.63) is 29.3 Å². The highest BCUT2D eigenvalue weighted by molar-refractivity contribution is 5.41. The Balaban J connectivity index is 2.35. The highest BCUT2D eigenvalue weighted by Gasteiger charge is 2.39. The van der Waals surface area contributed by atoms with E-state index in [0.717, 1.165) is 24.4 Å². The fourth-order valence-corrected chi connectivity index (χ4v) is 2.92. The summed E-state index contributed by atoms with van der Waals surface area (Å²) in [5.74, 6) is 1.17. The van der Waals surface area contributed by atoms with Crippen LogP contribution in [0.4, 0.5) is 0 Å². The summed E-state index contributed by atoms with van der Waals surface area (Å²) in [5.41, 5.74) is 2.45. The summed E-state index contributed by atoms with van der Waals surface area (Å²) in [4.78, 5) is 2.39. The van der Waals surface area contributed by atoms with Gasteiger partial charge in [-0.3, -0.25) is 4.90 Å². The predicted molar refractivity (Wildman–Crippen MR) is 80.9 cm³/mol. The largest absolute Gasteiger partial charge is 0.496 e. The van der Waals surface area contributed by atoms with E-state index in [2.05, 4.69) is 56.9 Å². The minimum Gasteiger partial charge on any atom is -0.496 e. The molecule has 1 aliphatic rings. The monoisotopic (exact) mass is 272 g/mol. The number of nitriles is 1. The van der Waals surface area contributed by atoms with Crippen LogP contribution in [0.25, 0.3) is 0 Å². The van der Waals surface area contributed by atoms with E-state index in [1.165, 1.54) is 5.56 Å². The molecule has 0 bridgehead atoms. The molecule has 0 unspecified atom stereocenters. The Morgan fingerprint density at radius 1 is 1.30 bits per heavy atom. The molecule has 0 spiro atoms. The normalized spacial score (nSPS) is 23.6. The number of likely N-dealkylation sites (tertiary alicyclic amines) is 1. The molecule has 2 rings (SSSR count). The number of hydrogen-bond acceptors (Lipinski definition) is 3. The first-order valence-corrected chi connectivity index (χ1v) is 7.16. The molecular formula is C17H24N2O. The lowest BCUT2D eigenvalue weighted by atomic mass is 9.89. The molecule has 0 saturated carbocycles. The Kier molecular flexibility index (Phi) is 4.06. The van der Waals surface area contributed by atoms with Gasteiger partial charge in [0.25, 0.3) is 0 Å². The number of ether oxygens (including phenoxy) is 1. The average molecular weight is 272 g/mol. The van der Waals surface area contributed by atoms with E-state index in [-0.39, 0.29) is 17.4 Å². The topological polar surface area (TPSA) is 36.3 Å². The maximum Gasteiger partial charge on any atom is 0.122 e. The van der Waals surface area contributed by atoms with E-state index in [1.807, 2.05) is 0 Å². The number of benzene rings is 1. The third kappa shape index (κ3) is 2.81. The Morgan fingerprint density at radius 3 is 2.55 bits per heavy atom. The van der Waals surface area contributed by atoms with Gasteiger partial charge in [0.2, 0.25) is 0 Å². The number of hydrogen-bond donors (Lipinski definition) is 0. The van der Waals surface area contributed by atoms with Crippen LogP contribution in [0.1, 0.15) is 37.8 Å². The van der Waals surface area contributed by atoms with E-state index in [9.17, 15) is 5.26 Å². The minimum absolute atomic E-state index is 0.0332. The molecule has 1 aromatic rings. The molecule has 108 valence electrons. The predicted octanol–water partition coefficient (Wildman–Crippen LogP) is 3.34. The minimum atomic E-state index is 0.0332. The molecule has 0 amide bonds. The van der Waals surface area contributed by atoms with Gasteiger partial charge in [0.05, 0.1) is 19.1 Å². The summed E-state index contributed by atoms with van der Waals surface area (Å²) < 4.78 is 5.52. The van der Waals surface area contributed by atoms with Crippen molar-refractivity contribution < 1.29 is 4.74 Å². The van der Waals surface area contributed by atoms with Crippen LogP contribution in [-0.2, 0) is 0 Å². The Labute approximate surface area is 122 Å². The molecule has 1 fully saturated rings. The second-order valence-corrected chi connectivity index (χ2v) is 6.66. The van der Waals surface area contributed by atoms with Gasteiger partial charge in [-0.25, -0.2) is 0 Å². The van der Waals surface area contributed by atoms with Crippen molar-refractivity contribution in [1.82, 2.24) is 4.90 Å². The van der Waals surface area contributed by atoms with Gasteiger partial charge in [-0.1, -0.05) is 12.1 Å². The summed E-state index contributed by atoms with van der Waals surface area (Å²) in [6.45, 7) is 10.4. The third-order valence-electron chi connectivity index (χ3n) is 4.22. The lowest BCUT2D eigenvalue weighted by Crippen LogP contribution is -2.39. The van der Waals surface area contributed by atoms with Crippen LogP contribution in [0, 0.1) is 24.2 Å². The van der Waals surface area contributed by atoms with Gasteiger partial charge in [-0.15, -0.1) is 0 Å². The standard InChI is InChI=1S/C17H24N2O/c1-12-6-7-14(16(8-12)20-5)15-11-19(17(2,3)4)10-13(15)9-18/h6-8,13,15H,10-11H2,1-5H3/t13-,15-/m1/s1. The maximum absolute atomic E-state index is 9.48. The van der Waals surface area contributed by atoms with Crippen molar-refractivity contribution in [2.75, 3.05) is 20.2 Å². The van der Waals surface area contributed by atoms with Crippen LogP contribution in [-0.4, -0.2) is 30.6 Å². The molecule has 1 aliphatic heterocycles. The molecule has 0 radical (unpaired) electrons. The summed E-state index contributed by atoms with van der Waals surface area (Å²) in [6, 6.07) is 8.77. The van der Waals surface area contributed by atoms with Crippen molar-refractivity contribution >= 4 is 0 Å². The van der Waals surface area contributed by atoms with Crippen LogP contribution in [0.5, 0.6) is 5.75 Å². The fraction of sp³-hybridized carbons (Fsp3) is 0.588. The van der Waals surface area contributed by atoms with Crippen LogP contribution >= 0.6 is 0 Å². The third-order valence-corrected chi connectivity index (χ3v) is 4.22. The molecule has 2 atom stereocenters. The van der Waals surface area contributed by atoms with E-state index >= 15 is 0 Å². The summed E-state index contributed by atoms with van der Waals surface area (Å²) in [6.07, 6.45) is 0. The molecule has 3 nitrogen and oxygen atoms in total. The Morgan fingerprint density at radius 2 is 2.00 bits per heavy atom. The highest BCUT2D eigenvalue weighted by Crippen LogP contribution is 2.39. The molecule has 0 aromatic heterocycles. The van der Waals surface area contributed by atoms with Gasteiger partial charge in [0, 0.05) is 24.5 Å². The van der Waals surface area contributed by atoms with Crippen molar-refractivity contribution in [3.63, 3.8) is 0 Å². The fourth-order valence-electron chi connectivity index (χ4n) is 2.92. The van der Waals surface area contributed by atoms with Crippen LogP contribution in [0.2, 0.25) is 0 Å². The second kappa shape index (κ2) is 5.46. The second-order valence-electron chi connectivity index (χ2n) is 6.66. The van der Waals surface area contributed by atoms with Crippen molar-refractivity contribution in [1.29, 1.82) is 5.26 Å². The lowest BCUT2D eigenvalue weighted by Gasteiger charge is -2.31. The molecule has 20 heavy (non-hydrogen) atoms. The number of aryl methyl sites for hydroxylation is 1. The summed E-state index contributed by atoms with van der Waals surface area (Å²) in [5, 5.41) is 9.48. The van der Waals surface area contributed by atoms with Crippen LogP contribution < -0.4 is 4.74 Å². The SMILES string of the molecule is COc1cc(C)ccc1[C@@H]1CN(C(C)(C)C)C[C@H]1C#N. The first-order chi connectivity index (χ1) is 9.36. The molecule has 0 N–H and O–H groups in total. The van der Waals surface area contributed by atoms with Gasteiger partial charge in [-0.2, -0.15) is 5.26 Å². The first kappa shape index (κ1) is 14.9. The molecule has 3 heteroatoms. The zero-order valence-electron chi connectivity index (χ0n) is 13.1. The van der Waals surface area contributed by atoms with Gasteiger partial charge >= 0.3 is 0 Å². The van der Waals surface area contributed by atoms with Gasteiger partial charge in [-0.05, 0) is 44.9 Å². The molecule has 1 saturated heterocycles. The average Bonchev–Trinajstić information content (AvgIpc) is 2.82. The Hall–Kier alpha value is -1.53. The zero-order valence-corrected chi connectivity index (χ0v) is 13.1.